The molecule has 0 radical (unpaired) electrons. The number of aromatic hydroxyl groups is 1. The van der Waals surface area contributed by atoms with Crippen LogP contribution < -0.4 is 11.1 Å². The Morgan fingerprint density at radius 2 is 1.72 bits per heavy atom. The summed E-state index contributed by atoms with van der Waals surface area (Å²) in [5.41, 5.74) is 1.58. The van der Waals surface area contributed by atoms with Crippen LogP contribution in [0, 0.1) is 0 Å². The number of carbonyl (C=O) groups is 1. The van der Waals surface area contributed by atoms with Gasteiger partial charge in [0.25, 0.3) is 0 Å². The zero-order valence-corrected chi connectivity index (χ0v) is 13.1. The molecule has 2 N–H and O–H groups in total. The first kappa shape index (κ1) is 15.0. The maximum Gasteiger partial charge on any atom is 0.420 e. The highest BCUT2D eigenvalue weighted by atomic mass is 16.4. The summed E-state index contributed by atoms with van der Waals surface area (Å²) in [5, 5.41) is 14.1. The summed E-state index contributed by atoms with van der Waals surface area (Å²) in [6, 6.07) is 17.3. The smallest absolute Gasteiger partial charge is 0.420 e. The second kappa shape index (κ2) is 5.83. The van der Waals surface area contributed by atoms with E-state index in [4.69, 9.17) is 4.42 Å². The number of oxazole rings is 1. The standard InChI is InChI=1S/C19H14N2O4/c22-16-10-9-14(12-5-1-2-6-13(12)16)20-18(23)11-21-15-7-3-4-8-17(15)25-19(21)24/h1-10,22H,11H2,(H,20,23). The van der Waals surface area contributed by atoms with Gasteiger partial charge in [0.15, 0.2) is 5.58 Å². The first-order valence-electron chi connectivity index (χ1n) is 7.72. The SMILES string of the molecule is O=C(Cn1c(=O)oc2ccccc21)Nc1ccc(O)c2ccccc12. The van der Waals surface area contributed by atoms with Crippen LogP contribution in [0.3, 0.4) is 0 Å². The number of amides is 1. The largest absolute Gasteiger partial charge is 0.507 e. The number of benzene rings is 3. The van der Waals surface area contributed by atoms with Crippen molar-refractivity contribution in [2.24, 2.45) is 0 Å². The number of nitrogens with zero attached hydrogens (tertiary/aromatic N) is 1. The van der Waals surface area contributed by atoms with E-state index in [1.807, 2.05) is 18.2 Å². The summed E-state index contributed by atoms with van der Waals surface area (Å²) >= 11 is 0. The van der Waals surface area contributed by atoms with Gasteiger partial charge in [-0.2, -0.15) is 0 Å². The van der Waals surface area contributed by atoms with E-state index in [0.29, 0.717) is 22.2 Å². The summed E-state index contributed by atoms with van der Waals surface area (Å²) in [4.78, 5) is 24.4. The average Bonchev–Trinajstić information content (AvgIpc) is 2.93. The van der Waals surface area contributed by atoms with Gasteiger partial charge in [0.1, 0.15) is 12.3 Å². The highest BCUT2D eigenvalue weighted by Gasteiger charge is 2.13. The van der Waals surface area contributed by atoms with Crippen LogP contribution in [0.2, 0.25) is 0 Å². The molecule has 0 saturated carbocycles. The number of phenolic OH excluding ortho intramolecular Hbond substituents is 1. The van der Waals surface area contributed by atoms with Crippen molar-refractivity contribution >= 4 is 33.5 Å². The summed E-state index contributed by atoms with van der Waals surface area (Å²) in [5.74, 6) is -0.790. The molecule has 0 atom stereocenters. The molecule has 0 aliphatic rings. The molecule has 124 valence electrons. The molecule has 25 heavy (non-hydrogen) atoms. The molecule has 0 unspecified atom stereocenters. The highest BCUT2D eigenvalue weighted by Crippen LogP contribution is 2.30. The maximum absolute atomic E-state index is 12.4. The van der Waals surface area contributed by atoms with Crippen LogP contribution >= 0.6 is 0 Å². The summed E-state index contributed by atoms with van der Waals surface area (Å²) in [6.07, 6.45) is 0. The number of nitrogens with one attached hydrogen (secondary N) is 1. The van der Waals surface area contributed by atoms with E-state index < -0.39 is 5.76 Å². The quantitative estimate of drug-likeness (QED) is 0.564. The molecule has 0 fully saturated rings. The van der Waals surface area contributed by atoms with Crippen molar-refractivity contribution in [2.45, 2.75) is 6.54 Å². The van der Waals surface area contributed by atoms with E-state index in [1.165, 1.54) is 10.6 Å². The van der Waals surface area contributed by atoms with E-state index in [1.54, 1.807) is 36.4 Å². The monoisotopic (exact) mass is 334 g/mol. The minimum Gasteiger partial charge on any atom is -0.507 e. The van der Waals surface area contributed by atoms with E-state index in [2.05, 4.69) is 5.32 Å². The van der Waals surface area contributed by atoms with Crippen molar-refractivity contribution < 1.29 is 14.3 Å². The molecule has 4 rings (SSSR count). The minimum absolute atomic E-state index is 0.144. The molecule has 3 aromatic carbocycles. The second-order valence-corrected chi connectivity index (χ2v) is 5.65. The van der Waals surface area contributed by atoms with Crippen LogP contribution in [-0.4, -0.2) is 15.6 Å². The first-order chi connectivity index (χ1) is 12.1. The Bertz CT molecular complexity index is 1160. The summed E-state index contributed by atoms with van der Waals surface area (Å²) in [7, 11) is 0. The number of fused-ring (bicyclic) bond motifs is 2. The average molecular weight is 334 g/mol. The van der Waals surface area contributed by atoms with Crippen molar-refractivity contribution in [3.8, 4) is 5.75 Å². The van der Waals surface area contributed by atoms with Crippen LogP contribution in [0.25, 0.3) is 21.9 Å². The first-order valence-corrected chi connectivity index (χ1v) is 7.72. The fourth-order valence-electron chi connectivity index (χ4n) is 2.89. The van der Waals surface area contributed by atoms with Gasteiger partial charge in [0.2, 0.25) is 5.91 Å². The van der Waals surface area contributed by atoms with Crippen LogP contribution in [-0.2, 0) is 11.3 Å². The minimum atomic E-state index is -0.577. The third-order valence-corrected chi connectivity index (χ3v) is 4.05. The van der Waals surface area contributed by atoms with Crippen molar-refractivity contribution in [2.75, 3.05) is 5.32 Å². The van der Waals surface area contributed by atoms with Crippen molar-refractivity contribution in [3.05, 3.63) is 71.2 Å². The van der Waals surface area contributed by atoms with Gasteiger partial charge in [0, 0.05) is 16.5 Å². The summed E-state index contributed by atoms with van der Waals surface area (Å²) < 4.78 is 6.42. The van der Waals surface area contributed by atoms with Gasteiger partial charge in [-0.3, -0.25) is 9.36 Å². The number of hydrogen-bond acceptors (Lipinski definition) is 4. The molecule has 0 aliphatic heterocycles. The molecule has 1 heterocycles. The molecule has 4 aromatic rings. The third kappa shape index (κ3) is 2.63. The predicted molar refractivity (Wildman–Crippen MR) is 94.7 cm³/mol. The van der Waals surface area contributed by atoms with Crippen molar-refractivity contribution in [1.82, 2.24) is 4.57 Å². The second-order valence-electron chi connectivity index (χ2n) is 5.65. The number of carbonyl (C=O) groups excluding carboxylic acids is 1. The van der Waals surface area contributed by atoms with E-state index in [0.717, 1.165) is 5.39 Å². The fraction of sp³-hybridized carbons (Fsp3) is 0.0526. The van der Waals surface area contributed by atoms with Crippen LogP contribution in [0.4, 0.5) is 5.69 Å². The molecule has 0 spiro atoms. The maximum atomic E-state index is 12.4. The van der Waals surface area contributed by atoms with E-state index in [-0.39, 0.29) is 18.2 Å². The third-order valence-electron chi connectivity index (χ3n) is 4.05. The highest BCUT2D eigenvalue weighted by molar-refractivity contribution is 6.04. The molecule has 1 amide bonds. The van der Waals surface area contributed by atoms with Crippen molar-refractivity contribution in [1.29, 1.82) is 0 Å². The Labute approximate surface area is 141 Å². The number of para-hydroxylation sites is 2. The van der Waals surface area contributed by atoms with Gasteiger partial charge in [-0.25, -0.2) is 4.79 Å². The van der Waals surface area contributed by atoms with Crippen LogP contribution in [0.5, 0.6) is 5.75 Å². The summed E-state index contributed by atoms with van der Waals surface area (Å²) in [6.45, 7) is -0.162. The molecule has 0 saturated heterocycles. The van der Waals surface area contributed by atoms with Crippen LogP contribution in [0.1, 0.15) is 0 Å². The van der Waals surface area contributed by atoms with Gasteiger partial charge >= 0.3 is 5.76 Å². The lowest BCUT2D eigenvalue weighted by molar-refractivity contribution is -0.116. The van der Waals surface area contributed by atoms with Gasteiger partial charge in [-0.15, -0.1) is 0 Å². The number of anilines is 1. The Kier molecular flexibility index (Phi) is 3.50. The number of aromatic nitrogens is 1. The zero-order chi connectivity index (χ0) is 17.4. The van der Waals surface area contributed by atoms with Gasteiger partial charge in [0.05, 0.1) is 5.52 Å². The van der Waals surface area contributed by atoms with E-state index >= 15 is 0 Å². The predicted octanol–water partition coefficient (Wildman–Crippen LogP) is 3.09. The molecular weight excluding hydrogens is 320 g/mol. The van der Waals surface area contributed by atoms with Gasteiger partial charge in [-0.05, 0) is 24.3 Å². The van der Waals surface area contributed by atoms with Gasteiger partial charge in [-0.1, -0.05) is 36.4 Å². The van der Waals surface area contributed by atoms with Crippen molar-refractivity contribution in [3.63, 3.8) is 0 Å². The zero-order valence-electron chi connectivity index (χ0n) is 13.1. The number of rotatable bonds is 3. The molecule has 0 aliphatic carbocycles. The molecular formula is C19H14N2O4. The molecule has 1 aromatic heterocycles. The topological polar surface area (TPSA) is 84.5 Å². The Morgan fingerprint density at radius 1 is 1.00 bits per heavy atom. The lowest BCUT2D eigenvalue weighted by Gasteiger charge is -2.10. The molecule has 6 heteroatoms. The Balaban J connectivity index is 1.66. The number of hydrogen-bond donors (Lipinski definition) is 2. The Morgan fingerprint density at radius 3 is 2.56 bits per heavy atom. The van der Waals surface area contributed by atoms with E-state index in [9.17, 15) is 14.7 Å². The molecule has 0 bridgehead atoms. The normalized spacial score (nSPS) is 11.0. The van der Waals surface area contributed by atoms with Gasteiger partial charge < -0.3 is 14.8 Å². The lowest BCUT2D eigenvalue weighted by Crippen LogP contribution is -2.24. The lowest BCUT2D eigenvalue weighted by atomic mass is 10.1. The fourth-order valence-corrected chi connectivity index (χ4v) is 2.89. The number of phenols is 1. The Hall–Kier alpha value is -3.54. The molecule has 6 nitrogen and oxygen atoms in total. The van der Waals surface area contributed by atoms with Crippen LogP contribution in [0.15, 0.2) is 69.9 Å².